The largest absolute Gasteiger partial charge is 0.345 e. The van der Waals surface area contributed by atoms with Gasteiger partial charge in [0, 0.05) is 29.2 Å². The first-order chi connectivity index (χ1) is 15.8. The Morgan fingerprint density at radius 3 is 2.30 bits per heavy atom. The van der Waals surface area contributed by atoms with E-state index in [0.29, 0.717) is 23.2 Å². The molecule has 0 saturated heterocycles. The number of hydrogen-bond donors (Lipinski definition) is 2. The molecule has 2 heterocycles. The van der Waals surface area contributed by atoms with E-state index in [4.69, 9.17) is 0 Å². The average Bonchev–Trinajstić information content (AvgIpc) is 3.08. The number of benzene rings is 1. The van der Waals surface area contributed by atoms with Crippen LogP contribution in [0, 0.1) is 18.8 Å². The summed E-state index contributed by atoms with van der Waals surface area (Å²) in [6.07, 6.45) is 5.87. The van der Waals surface area contributed by atoms with Crippen molar-refractivity contribution in [2.45, 2.75) is 56.5 Å². The third-order valence-corrected chi connectivity index (χ3v) is 7.90. The van der Waals surface area contributed by atoms with E-state index in [-0.39, 0.29) is 22.9 Å². The number of aromatic nitrogens is 3. The molecule has 4 aliphatic rings. The smallest absolute Gasteiger partial charge is 0.270 e. The van der Waals surface area contributed by atoms with Crippen molar-refractivity contribution >= 4 is 22.7 Å². The molecule has 4 aliphatic carbocycles. The molecule has 0 spiro atoms. The van der Waals surface area contributed by atoms with Gasteiger partial charge in [-0.25, -0.2) is 4.98 Å². The first-order valence-corrected chi connectivity index (χ1v) is 11.8. The van der Waals surface area contributed by atoms with E-state index in [1.54, 1.807) is 10.7 Å². The molecular weight excluding hydrogens is 414 g/mol. The standard InChI is InChI=1S/C26H29N5O2/c1-16-6-5-9-21(27-16)23(32)28-25-11-17-10-18(12-25)14-26(13-17,15-25)29-24(33)22-19-7-3-4-8-20(19)30-31(22)2/h3-9,17-18H,10-15H2,1-2H3,(H,28,32)(H,29,33). The van der Waals surface area contributed by atoms with Crippen LogP contribution in [-0.2, 0) is 7.05 Å². The molecule has 2 N–H and O–H groups in total. The molecule has 3 aromatic rings. The van der Waals surface area contributed by atoms with Gasteiger partial charge in [-0.3, -0.25) is 14.3 Å². The zero-order valence-corrected chi connectivity index (χ0v) is 19.1. The van der Waals surface area contributed by atoms with E-state index in [1.165, 1.54) is 6.42 Å². The van der Waals surface area contributed by atoms with Gasteiger partial charge in [-0.2, -0.15) is 5.10 Å². The van der Waals surface area contributed by atoms with Crippen LogP contribution in [-0.4, -0.2) is 37.7 Å². The van der Waals surface area contributed by atoms with Gasteiger partial charge in [-0.15, -0.1) is 0 Å². The van der Waals surface area contributed by atoms with E-state index in [0.717, 1.165) is 48.7 Å². The minimum absolute atomic E-state index is 0.0741. The first-order valence-electron chi connectivity index (χ1n) is 11.8. The maximum Gasteiger partial charge on any atom is 0.270 e. The number of fused-ring (bicyclic) bond motifs is 1. The highest BCUT2D eigenvalue weighted by atomic mass is 16.2. The molecule has 4 fully saturated rings. The molecule has 2 unspecified atom stereocenters. The summed E-state index contributed by atoms with van der Waals surface area (Å²) < 4.78 is 1.68. The Bertz CT molecular complexity index is 1260. The van der Waals surface area contributed by atoms with Gasteiger partial charge in [0.1, 0.15) is 11.4 Å². The van der Waals surface area contributed by atoms with Crippen molar-refractivity contribution < 1.29 is 9.59 Å². The molecule has 7 nitrogen and oxygen atoms in total. The minimum atomic E-state index is -0.292. The van der Waals surface area contributed by atoms with Crippen molar-refractivity contribution in [1.82, 2.24) is 25.4 Å². The first kappa shape index (κ1) is 20.4. The van der Waals surface area contributed by atoms with E-state index in [1.807, 2.05) is 50.4 Å². The monoisotopic (exact) mass is 443 g/mol. The number of carbonyl (C=O) groups is 2. The summed E-state index contributed by atoms with van der Waals surface area (Å²) in [4.78, 5) is 31.1. The topological polar surface area (TPSA) is 88.9 Å². The van der Waals surface area contributed by atoms with Gasteiger partial charge < -0.3 is 10.6 Å². The van der Waals surface area contributed by atoms with Crippen molar-refractivity contribution in [3.63, 3.8) is 0 Å². The second-order valence-corrected chi connectivity index (χ2v) is 10.6. The number of hydrogen-bond acceptors (Lipinski definition) is 4. The van der Waals surface area contributed by atoms with Crippen LogP contribution in [0.25, 0.3) is 10.9 Å². The quantitative estimate of drug-likeness (QED) is 0.646. The highest BCUT2D eigenvalue weighted by Crippen LogP contribution is 2.57. The Kier molecular flexibility index (Phi) is 4.41. The van der Waals surface area contributed by atoms with Crippen molar-refractivity contribution in [3.05, 3.63) is 59.5 Å². The van der Waals surface area contributed by atoms with Crippen LogP contribution in [0.4, 0.5) is 0 Å². The van der Waals surface area contributed by atoms with Gasteiger partial charge in [0.25, 0.3) is 11.8 Å². The summed E-state index contributed by atoms with van der Waals surface area (Å²) in [6, 6.07) is 13.3. The summed E-state index contributed by atoms with van der Waals surface area (Å²) in [5.74, 6) is 0.843. The summed E-state index contributed by atoms with van der Waals surface area (Å²) in [5.41, 5.74) is 2.15. The molecule has 2 aromatic heterocycles. The fourth-order valence-electron chi connectivity index (χ4n) is 7.25. The molecule has 2 atom stereocenters. The van der Waals surface area contributed by atoms with Gasteiger partial charge in [-0.05, 0) is 75.5 Å². The Morgan fingerprint density at radius 2 is 1.61 bits per heavy atom. The van der Waals surface area contributed by atoms with Crippen molar-refractivity contribution in [2.75, 3.05) is 0 Å². The summed E-state index contributed by atoms with van der Waals surface area (Å²) in [6.45, 7) is 1.90. The number of pyridine rings is 1. The summed E-state index contributed by atoms with van der Waals surface area (Å²) >= 11 is 0. The number of nitrogens with one attached hydrogen (secondary N) is 2. The van der Waals surface area contributed by atoms with Gasteiger partial charge in [-0.1, -0.05) is 24.3 Å². The highest BCUT2D eigenvalue weighted by molar-refractivity contribution is 6.05. The molecule has 33 heavy (non-hydrogen) atoms. The van der Waals surface area contributed by atoms with Gasteiger partial charge in [0.05, 0.1) is 5.52 Å². The average molecular weight is 444 g/mol. The van der Waals surface area contributed by atoms with Crippen LogP contribution in [0.15, 0.2) is 42.5 Å². The lowest BCUT2D eigenvalue weighted by atomic mass is 9.49. The Balaban J connectivity index is 1.28. The van der Waals surface area contributed by atoms with E-state index in [2.05, 4.69) is 20.7 Å². The van der Waals surface area contributed by atoms with Crippen LogP contribution in [0.2, 0.25) is 0 Å². The second-order valence-electron chi connectivity index (χ2n) is 10.6. The van der Waals surface area contributed by atoms with Gasteiger partial charge in [0.15, 0.2) is 0 Å². The lowest BCUT2D eigenvalue weighted by molar-refractivity contribution is -0.0449. The lowest BCUT2D eigenvalue weighted by Gasteiger charge is -2.62. The molecule has 0 radical (unpaired) electrons. The van der Waals surface area contributed by atoms with Crippen LogP contribution in [0.1, 0.15) is 65.2 Å². The number of aryl methyl sites for hydroxylation is 2. The molecule has 2 amide bonds. The molecule has 1 aromatic carbocycles. The Morgan fingerprint density at radius 1 is 0.939 bits per heavy atom. The molecule has 4 saturated carbocycles. The van der Waals surface area contributed by atoms with Crippen molar-refractivity contribution in [1.29, 1.82) is 0 Å². The number of rotatable bonds is 4. The van der Waals surface area contributed by atoms with Crippen LogP contribution < -0.4 is 10.6 Å². The zero-order chi connectivity index (χ0) is 22.8. The van der Waals surface area contributed by atoms with Crippen molar-refractivity contribution in [2.24, 2.45) is 18.9 Å². The normalized spacial score (nSPS) is 29.9. The fourth-order valence-corrected chi connectivity index (χ4v) is 7.25. The van der Waals surface area contributed by atoms with E-state index in [9.17, 15) is 9.59 Å². The third-order valence-electron chi connectivity index (χ3n) is 7.90. The van der Waals surface area contributed by atoms with Crippen LogP contribution >= 0.6 is 0 Å². The van der Waals surface area contributed by atoms with E-state index >= 15 is 0 Å². The maximum atomic E-state index is 13.5. The predicted molar refractivity (Wildman–Crippen MR) is 125 cm³/mol. The number of nitrogens with zero attached hydrogens (tertiary/aromatic N) is 3. The van der Waals surface area contributed by atoms with Crippen molar-refractivity contribution in [3.8, 4) is 0 Å². The Labute approximate surface area is 193 Å². The number of carbonyl (C=O) groups excluding carboxylic acids is 2. The fraction of sp³-hybridized carbons (Fsp3) is 0.462. The van der Waals surface area contributed by atoms with Gasteiger partial charge in [0.2, 0.25) is 0 Å². The lowest BCUT2D eigenvalue weighted by Crippen LogP contribution is -2.70. The molecule has 4 bridgehead atoms. The summed E-state index contributed by atoms with van der Waals surface area (Å²) in [5, 5.41) is 12.2. The SMILES string of the molecule is Cc1cccc(C(=O)NC23CC4CC(C2)CC(NC(=O)c2c5ccccc5nn2C)(C4)C3)n1. The highest BCUT2D eigenvalue weighted by Gasteiger charge is 2.59. The van der Waals surface area contributed by atoms with E-state index < -0.39 is 0 Å². The summed E-state index contributed by atoms with van der Waals surface area (Å²) in [7, 11) is 1.82. The van der Waals surface area contributed by atoms with Gasteiger partial charge >= 0.3 is 0 Å². The molecule has 0 aliphatic heterocycles. The Hall–Kier alpha value is -3.22. The molecule has 7 heteroatoms. The molecule has 170 valence electrons. The predicted octanol–water partition coefficient (Wildman–Crippen LogP) is 3.53. The third kappa shape index (κ3) is 3.41. The van der Waals surface area contributed by atoms with Crippen LogP contribution in [0.5, 0.6) is 0 Å². The van der Waals surface area contributed by atoms with Crippen LogP contribution in [0.3, 0.4) is 0 Å². The minimum Gasteiger partial charge on any atom is -0.345 e. The maximum absolute atomic E-state index is 13.5. The molecule has 7 rings (SSSR count). The second kappa shape index (κ2) is 7.14. The number of amides is 2. The molecular formula is C26H29N5O2. The zero-order valence-electron chi connectivity index (χ0n) is 19.1.